The average molecular weight is 382 g/mol. The standard InChI is InChI=1S/C25H35NO2/c1-15(2)26(16(3)4)24(28)23-11-10-22-21-8-6-17-14-18(27)7-9-19(17)20(21)12-13-25(22,23)5/h6-9,14-16,20-23,27H,10-13H2,1-5H3/t20-,21-,22+,23-,25+/m1/s1. The molecular weight excluding hydrogens is 346 g/mol. The summed E-state index contributed by atoms with van der Waals surface area (Å²) in [4.78, 5) is 15.7. The average Bonchev–Trinajstić information content (AvgIpc) is 2.97. The van der Waals surface area contributed by atoms with Gasteiger partial charge < -0.3 is 10.0 Å². The van der Waals surface area contributed by atoms with E-state index in [9.17, 15) is 9.90 Å². The van der Waals surface area contributed by atoms with E-state index in [1.54, 1.807) is 0 Å². The number of hydrogen-bond acceptors (Lipinski definition) is 2. The first-order valence-corrected chi connectivity index (χ1v) is 11.1. The van der Waals surface area contributed by atoms with Crippen molar-refractivity contribution in [2.75, 3.05) is 0 Å². The highest BCUT2D eigenvalue weighted by molar-refractivity contribution is 5.81. The molecule has 1 amide bonds. The van der Waals surface area contributed by atoms with Crippen molar-refractivity contribution in [3.8, 4) is 5.75 Å². The second kappa shape index (κ2) is 6.93. The fourth-order valence-electron chi connectivity index (χ4n) is 6.78. The summed E-state index contributed by atoms with van der Waals surface area (Å²) in [7, 11) is 0. The maximum Gasteiger partial charge on any atom is 0.226 e. The number of rotatable bonds is 3. The largest absolute Gasteiger partial charge is 0.508 e. The summed E-state index contributed by atoms with van der Waals surface area (Å²) in [6, 6.07) is 6.33. The van der Waals surface area contributed by atoms with Crippen LogP contribution in [0.1, 0.15) is 77.3 Å². The third kappa shape index (κ3) is 2.89. The van der Waals surface area contributed by atoms with Crippen molar-refractivity contribution >= 4 is 12.0 Å². The molecule has 2 saturated carbocycles. The molecule has 3 aliphatic carbocycles. The van der Waals surface area contributed by atoms with Crippen LogP contribution >= 0.6 is 0 Å². The zero-order valence-electron chi connectivity index (χ0n) is 18.0. The van der Waals surface area contributed by atoms with Gasteiger partial charge in [-0.25, -0.2) is 0 Å². The summed E-state index contributed by atoms with van der Waals surface area (Å²) in [5, 5.41) is 9.84. The van der Waals surface area contributed by atoms with Crippen molar-refractivity contribution in [3.63, 3.8) is 0 Å². The van der Waals surface area contributed by atoms with E-state index < -0.39 is 0 Å². The predicted molar refractivity (Wildman–Crippen MR) is 114 cm³/mol. The molecule has 0 unspecified atom stereocenters. The normalized spacial score (nSPS) is 33.5. The van der Waals surface area contributed by atoms with Crippen molar-refractivity contribution in [2.45, 2.75) is 78.3 Å². The van der Waals surface area contributed by atoms with E-state index in [1.807, 2.05) is 12.1 Å². The molecule has 0 saturated heterocycles. The van der Waals surface area contributed by atoms with Gasteiger partial charge in [0.15, 0.2) is 0 Å². The minimum atomic E-state index is 0.0963. The SMILES string of the molecule is CC(C)N(C(=O)[C@H]1CC[C@H]2[C@@H]3C=Cc4cc(O)ccc4[C@H]3CC[C@]12C)C(C)C. The number of hydrogen-bond donors (Lipinski definition) is 1. The van der Waals surface area contributed by atoms with Crippen LogP contribution in [-0.2, 0) is 4.79 Å². The fourth-order valence-corrected chi connectivity index (χ4v) is 6.78. The summed E-state index contributed by atoms with van der Waals surface area (Å²) in [6.45, 7) is 10.9. The first-order chi connectivity index (χ1) is 13.2. The molecule has 1 aromatic carbocycles. The Bertz CT molecular complexity index is 788. The third-order valence-corrected chi connectivity index (χ3v) is 7.97. The van der Waals surface area contributed by atoms with Crippen molar-refractivity contribution in [2.24, 2.45) is 23.2 Å². The van der Waals surface area contributed by atoms with Crippen LogP contribution in [0.25, 0.3) is 6.08 Å². The van der Waals surface area contributed by atoms with Gasteiger partial charge in [-0.2, -0.15) is 0 Å². The lowest BCUT2D eigenvalue weighted by atomic mass is 9.55. The minimum absolute atomic E-state index is 0.0963. The minimum Gasteiger partial charge on any atom is -0.508 e. The van der Waals surface area contributed by atoms with Gasteiger partial charge in [-0.15, -0.1) is 0 Å². The van der Waals surface area contributed by atoms with Gasteiger partial charge in [0.1, 0.15) is 5.75 Å². The molecule has 0 bridgehead atoms. The molecule has 0 radical (unpaired) electrons. The lowest BCUT2D eigenvalue weighted by molar-refractivity contribution is -0.144. The smallest absolute Gasteiger partial charge is 0.226 e. The molecule has 3 nitrogen and oxygen atoms in total. The van der Waals surface area contributed by atoms with Gasteiger partial charge in [0.05, 0.1) is 0 Å². The molecule has 1 N–H and O–H groups in total. The zero-order chi connectivity index (χ0) is 20.2. The molecule has 0 heterocycles. The maximum absolute atomic E-state index is 13.6. The van der Waals surface area contributed by atoms with Gasteiger partial charge in [-0.1, -0.05) is 25.1 Å². The number of benzene rings is 1. The van der Waals surface area contributed by atoms with Crippen LogP contribution in [0.15, 0.2) is 24.3 Å². The number of carbonyl (C=O) groups is 1. The Morgan fingerprint density at radius 3 is 2.54 bits per heavy atom. The Balaban J connectivity index is 1.63. The van der Waals surface area contributed by atoms with E-state index in [0.29, 0.717) is 29.4 Å². The summed E-state index contributed by atoms with van der Waals surface area (Å²) in [5.74, 6) is 2.48. The number of phenolic OH excluding ortho intramolecular Hbond substituents is 1. The molecule has 4 rings (SSSR count). The van der Waals surface area contributed by atoms with E-state index in [4.69, 9.17) is 0 Å². The highest BCUT2D eigenvalue weighted by Gasteiger charge is 2.56. The number of amides is 1. The van der Waals surface area contributed by atoms with Gasteiger partial charge in [0, 0.05) is 18.0 Å². The first-order valence-electron chi connectivity index (χ1n) is 11.1. The van der Waals surface area contributed by atoms with Gasteiger partial charge in [-0.3, -0.25) is 4.79 Å². The molecule has 3 heteroatoms. The van der Waals surface area contributed by atoms with Crippen molar-refractivity contribution < 1.29 is 9.90 Å². The summed E-state index contributed by atoms with van der Waals surface area (Å²) in [5.41, 5.74) is 2.65. The van der Waals surface area contributed by atoms with E-state index >= 15 is 0 Å². The van der Waals surface area contributed by atoms with Gasteiger partial charge in [0.2, 0.25) is 5.91 Å². The molecule has 5 atom stereocenters. The Hall–Kier alpha value is -1.77. The predicted octanol–water partition coefficient (Wildman–Crippen LogP) is 5.59. The van der Waals surface area contributed by atoms with Crippen molar-refractivity contribution in [3.05, 3.63) is 35.4 Å². The maximum atomic E-state index is 13.6. The van der Waals surface area contributed by atoms with Crippen LogP contribution < -0.4 is 0 Å². The molecule has 2 fully saturated rings. The number of fused-ring (bicyclic) bond motifs is 5. The highest BCUT2D eigenvalue weighted by Crippen LogP contribution is 2.62. The lowest BCUT2D eigenvalue weighted by Gasteiger charge is -2.50. The molecule has 152 valence electrons. The molecule has 0 aliphatic heterocycles. The van der Waals surface area contributed by atoms with Crippen LogP contribution in [0.4, 0.5) is 0 Å². The van der Waals surface area contributed by atoms with Crippen LogP contribution in [0.5, 0.6) is 5.75 Å². The molecule has 3 aliphatic rings. The number of phenols is 1. The topological polar surface area (TPSA) is 40.5 Å². The van der Waals surface area contributed by atoms with Gasteiger partial charge in [-0.05, 0) is 99.8 Å². The molecular formula is C25H35NO2. The Morgan fingerprint density at radius 1 is 1.14 bits per heavy atom. The Labute approximate surface area is 169 Å². The number of allylic oxidation sites excluding steroid dienone is 1. The summed E-state index contributed by atoms with van der Waals surface area (Å²) >= 11 is 0. The third-order valence-electron chi connectivity index (χ3n) is 7.97. The van der Waals surface area contributed by atoms with Crippen LogP contribution in [0.3, 0.4) is 0 Å². The van der Waals surface area contributed by atoms with Gasteiger partial charge in [0.25, 0.3) is 0 Å². The monoisotopic (exact) mass is 381 g/mol. The quantitative estimate of drug-likeness (QED) is 0.741. The van der Waals surface area contributed by atoms with E-state index in [1.165, 1.54) is 11.1 Å². The van der Waals surface area contributed by atoms with Crippen LogP contribution in [0.2, 0.25) is 0 Å². The summed E-state index contributed by atoms with van der Waals surface area (Å²) in [6.07, 6.45) is 9.00. The van der Waals surface area contributed by atoms with Gasteiger partial charge >= 0.3 is 0 Å². The van der Waals surface area contributed by atoms with E-state index in [2.05, 4.69) is 57.7 Å². The van der Waals surface area contributed by atoms with Crippen LogP contribution in [-0.4, -0.2) is 28.0 Å². The number of nitrogens with zero attached hydrogens (tertiary/aromatic N) is 1. The first kappa shape index (κ1) is 19.5. The number of carbonyl (C=O) groups excluding carboxylic acids is 1. The second-order valence-electron chi connectivity index (χ2n) is 10.1. The van der Waals surface area contributed by atoms with Crippen molar-refractivity contribution in [1.29, 1.82) is 0 Å². The zero-order valence-corrected chi connectivity index (χ0v) is 18.0. The number of aromatic hydroxyl groups is 1. The Kier molecular flexibility index (Phi) is 4.84. The molecule has 28 heavy (non-hydrogen) atoms. The second-order valence-corrected chi connectivity index (χ2v) is 10.1. The molecule has 0 spiro atoms. The fraction of sp³-hybridized carbons (Fsp3) is 0.640. The molecule has 0 aromatic heterocycles. The lowest BCUT2D eigenvalue weighted by Crippen LogP contribution is -2.50. The molecule has 1 aromatic rings. The summed E-state index contributed by atoms with van der Waals surface area (Å²) < 4.78 is 0. The van der Waals surface area contributed by atoms with Crippen molar-refractivity contribution in [1.82, 2.24) is 4.90 Å². The van der Waals surface area contributed by atoms with E-state index in [-0.39, 0.29) is 23.4 Å². The highest BCUT2D eigenvalue weighted by atomic mass is 16.3. The Morgan fingerprint density at radius 2 is 1.86 bits per heavy atom. The van der Waals surface area contributed by atoms with Crippen LogP contribution in [0, 0.1) is 23.2 Å². The van der Waals surface area contributed by atoms with E-state index in [0.717, 1.165) is 25.7 Å².